The second-order valence-corrected chi connectivity index (χ2v) is 4.88. The SMILES string of the molecule is Cc1cc(C)cc(OC(=O)c2cccc(C(F)(F)F)c2F)c1. The van der Waals surface area contributed by atoms with Crippen molar-refractivity contribution >= 4 is 5.97 Å². The van der Waals surface area contributed by atoms with E-state index in [1.807, 2.05) is 6.07 Å². The summed E-state index contributed by atoms with van der Waals surface area (Å²) in [6.07, 6.45) is -4.87. The Kier molecular flexibility index (Phi) is 4.21. The number of esters is 1. The molecule has 0 radical (unpaired) electrons. The standard InChI is InChI=1S/C16H12F4O2/c1-9-6-10(2)8-11(7-9)22-15(21)12-4-3-5-13(14(12)17)16(18,19)20/h3-8H,1-2H3. The normalized spacial score (nSPS) is 11.4. The molecule has 0 N–H and O–H groups in total. The molecular formula is C16H12F4O2. The van der Waals surface area contributed by atoms with E-state index in [0.29, 0.717) is 6.07 Å². The summed E-state index contributed by atoms with van der Waals surface area (Å²) in [5, 5.41) is 0. The molecule has 116 valence electrons. The summed E-state index contributed by atoms with van der Waals surface area (Å²) < 4.78 is 56.7. The van der Waals surface area contributed by atoms with Crippen molar-refractivity contribution in [2.75, 3.05) is 0 Å². The van der Waals surface area contributed by atoms with Crippen molar-refractivity contribution in [1.29, 1.82) is 0 Å². The van der Waals surface area contributed by atoms with Crippen molar-refractivity contribution < 1.29 is 27.1 Å². The minimum atomic E-state index is -4.87. The smallest absolute Gasteiger partial charge is 0.419 e. The van der Waals surface area contributed by atoms with Crippen molar-refractivity contribution in [3.63, 3.8) is 0 Å². The Morgan fingerprint density at radius 2 is 1.64 bits per heavy atom. The van der Waals surface area contributed by atoms with E-state index in [2.05, 4.69) is 0 Å². The van der Waals surface area contributed by atoms with Gasteiger partial charge in [-0.25, -0.2) is 9.18 Å². The summed E-state index contributed by atoms with van der Waals surface area (Å²) in [6.45, 7) is 3.55. The van der Waals surface area contributed by atoms with E-state index in [4.69, 9.17) is 4.74 Å². The first kappa shape index (κ1) is 16.0. The van der Waals surface area contributed by atoms with Crippen LogP contribution in [-0.2, 0) is 6.18 Å². The van der Waals surface area contributed by atoms with E-state index in [1.165, 1.54) is 12.1 Å². The molecule has 0 unspecified atom stereocenters. The summed E-state index contributed by atoms with van der Waals surface area (Å²) in [6, 6.07) is 7.40. The third kappa shape index (κ3) is 3.44. The third-order valence-electron chi connectivity index (χ3n) is 2.93. The van der Waals surface area contributed by atoms with Gasteiger partial charge in [-0.1, -0.05) is 12.1 Å². The van der Waals surface area contributed by atoms with Crippen molar-refractivity contribution in [2.24, 2.45) is 0 Å². The second-order valence-electron chi connectivity index (χ2n) is 4.88. The van der Waals surface area contributed by atoms with Gasteiger partial charge >= 0.3 is 12.1 Å². The number of ether oxygens (including phenoxy) is 1. The van der Waals surface area contributed by atoms with Gasteiger partial charge in [-0.2, -0.15) is 13.2 Å². The number of alkyl halides is 3. The van der Waals surface area contributed by atoms with Crippen LogP contribution < -0.4 is 4.74 Å². The van der Waals surface area contributed by atoms with Gasteiger partial charge in [0.15, 0.2) is 0 Å². The molecule has 6 heteroatoms. The highest BCUT2D eigenvalue weighted by Crippen LogP contribution is 2.32. The topological polar surface area (TPSA) is 26.3 Å². The fourth-order valence-corrected chi connectivity index (χ4v) is 2.06. The van der Waals surface area contributed by atoms with Crippen LogP contribution in [0.25, 0.3) is 0 Å². The maximum Gasteiger partial charge on any atom is 0.419 e. The summed E-state index contributed by atoms with van der Waals surface area (Å²) in [4.78, 5) is 11.9. The van der Waals surface area contributed by atoms with Gasteiger partial charge in [0.1, 0.15) is 11.6 Å². The molecule has 0 atom stereocenters. The van der Waals surface area contributed by atoms with Crippen LogP contribution in [0.3, 0.4) is 0 Å². The number of carbonyl (C=O) groups excluding carboxylic acids is 1. The molecule has 0 aliphatic carbocycles. The maximum atomic E-state index is 13.9. The first-order chi connectivity index (χ1) is 10.2. The maximum absolute atomic E-state index is 13.9. The summed E-state index contributed by atoms with van der Waals surface area (Å²) in [5.74, 6) is -2.66. The molecule has 2 rings (SSSR count). The van der Waals surface area contributed by atoms with E-state index in [0.717, 1.165) is 23.3 Å². The quantitative estimate of drug-likeness (QED) is 0.457. The van der Waals surface area contributed by atoms with Crippen LogP contribution in [0.2, 0.25) is 0 Å². The van der Waals surface area contributed by atoms with Crippen LogP contribution in [0.4, 0.5) is 17.6 Å². The van der Waals surface area contributed by atoms with Crippen molar-refractivity contribution in [3.05, 3.63) is 64.5 Å². The lowest BCUT2D eigenvalue weighted by Crippen LogP contribution is -2.15. The molecule has 0 heterocycles. The third-order valence-corrected chi connectivity index (χ3v) is 2.93. The van der Waals surface area contributed by atoms with E-state index >= 15 is 0 Å². The van der Waals surface area contributed by atoms with Gasteiger partial charge in [-0.15, -0.1) is 0 Å². The number of halogens is 4. The Bertz CT molecular complexity index is 700. The van der Waals surface area contributed by atoms with Crippen molar-refractivity contribution in [3.8, 4) is 5.75 Å². The van der Waals surface area contributed by atoms with Crippen LogP contribution in [0, 0.1) is 19.7 Å². The zero-order chi connectivity index (χ0) is 16.5. The molecule has 0 aromatic heterocycles. The number of hydrogen-bond acceptors (Lipinski definition) is 2. The van der Waals surface area contributed by atoms with Crippen LogP contribution in [0.1, 0.15) is 27.0 Å². The summed E-state index contributed by atoms with van der Waals surface area (Å²) in [7, 11) is 0. The zero-order valence-electron chi connectivity index (χ0n) is 11.8. The van der Waals surface area contributed by atoms with E-state index in [9.17, 15) is 22.4 Å². The van der Waals surface area contributed by atoms with E-state index < -0.39 is 29.1 Å². The first-order valence-corrected chi connectivity index (χ1v) is 6.34. The predicted molar refractivity (Wildman–Crippen MR) is 72.3 cm³/mol. The number of hydrogen-bond donors (Lipinski definition) is 0. The monoisotopic (exact) mass is 312 g/mol. The fourth-order valence-electron chi connectivity index (χ4n) is 2.06. The molecule has 0 saturated carbocycles. The van der Waals surface area contributed by atoms with E-state index in [-0.39, 0.29) is 5.75 Å². The Hall–Kier alpha value is -2.37. The average molecular weight is 312 g/mol. The van der Waals surface area contributed by atoms with Gasteiger partial charge in [-0.3, -0.25) is 0 Å². The Morgan fingerprint density at radius 3 is 2.18 bits per heavy atom. The van der Waals surface area contributed by atoms with Crippen LogP contribution in [0.15, 0.2) is 36.4 Å². The minimum absolute atomic E-state index is 0.152. The molecule has 0 spiro atoms. The summed E-state index contributed by atoms with van der Waals surface area (Å²) >= 11 is 0. The zero-order valence-corrected chi connectivity index (χ0v) is 11.8. The molecule has 0 saturated heterocycles. The molecule has 0 bridgehead atoms. The molecule has 22 heavy (non-hydrogen) atoms. The van der Waals surface area contributed by atoms with Gasteiger partial charge in [0.25, 0.3) is 0 Å². The van der Waals surface area contributed by atoms with Gasteiger partial charge in [-0.05, 0) is 49.2 Å². The molecule has 0 fully saturated rings. The lowest BCUT2D eigenvalue weighted by atomic mass is 10.1. The van der Waals surface area contributed by atoms with Gasteiger partial charge in [0, 0.05) is 0 Å². The number of carbonyl (C=O) groups is 1. The fraction of sp³-hybridized carbons (Fsp3) is 0.188. The second kappa shape index (κ2) is 5.79. The molecule has 2 aromatic carbocycles. The lowest BCUT2D eigenvalue weighted by molar-refractivity contribution is -0.140. The average Bonchev–Trinajstić information content (AvgIpc) is 2.35. The van der Waals surface area contributed by atoms with Crippen LogP contribution in [0.5, 0.6) is 5.75 Å². The highest BCUT2D eigenvalue weighted by molar-refractivity contribution is 5.91. The van der Waals surface area contributed by atoms with Crippen LogP contribution in [-0.4, -0.2) is 5.97 Å². The minimum Gasteiger partial charge on any atom is -0.423 e. The van der Waals surface area contributed by atoms with Gasteiger partial charge in [0.2, 0.25) is 0 Å². The lowest BCUT2D eigenvalue weighted by Gasteiger charge is -2.11. The largest absolute Gasteiger partial charge is 0.423 e. The Balaban J connectivity index is 2.34. The van der Waals surface area contributed by atoms with E-state index in [1.54, 1.807) is 13.8 Å². The molecule has 2 aromatic rings. The number of rotatable bonds is 2. The molecule has 0 amide bonds. The van der Waals surface area contributed by atoms with Gasteiger partial charge in [0.05, 0.1) is 11.1 Å². The highest BCUT2D eigenvalue weighted by atomic mass is 19.4. The highest BCUT2D eigenvalue weighted by Gasteiger charge is 2.36. The Morgan fingerprint density at radius 1 is 1.05 bits per heavy atom. The van der Waals surface area contributed by atoms with Crippen LogP contribution >= 0.6 is 0 Å². The first-order valence-electron chi connectivity index (χ1n) is 6.34. The van der Waals surface area contributed by atoms with Gasteiger partial charge < -0.3 is 4.74 Å². The number of aryl methyl sites for hydroxylation is 2. The predicted octanol–water partition coefficient (Wildman–Crippen LogP) is 4.68. The Labute approximate surface area is 124 Å². The van der Waals surface area contributed by atoms with Crippen molar-refractivity contribution in [1.82, 2.24) is 0 Å². The number of benzene rings is 2. The molecular weight excluding hydrogens is 300 g/mol. The summed E-state index contributed by atoms with van der Waals surface area (Å²) in [5.41, 5.74) is -0.629. The van der Waals surface area contributed by atoms with Crippen molar-refractivity contribution in [2.45, 2.75) is 20.0 Å². The molecule has 0 aliphatic rings. The molecule has 2 nitrogen and oxygen atoms in total. The molecule has 0 aliphatic heterocycles.